The number of hydrogen-bond acceptors (Lipinski definition) is 0. The molecule has 0 radical (unpaired) electrons. The zero-order chi connectivity index (χ0) is 9.68. The molecule has 70 valence electrons. The smallest absolute Gasteiger partial charge is 0.0227 e. The second-order valence-electron chi connectivity index (χ2n) is 3.75. The van der Waals surface area contributed by atoms with E-state index in [-0.39, 0.29) is 0 Å². The van der Waals surface area contributed by atoms with Crippen LogP contribution < -0.4 is 10.4 Å². The fraction of sp³-hybridized carbons (Fsp3) is 0.385. The largest absolute Gasteiger partial charge is 0.0798 e. The van der Waals surface area contributed by atoms with Gasteiger partial charge in [0.05, 0.1) is 0 Å². The van der Waals surface area contributed by atoms with E-state index in [0.29, 0.717) is 0 Å². The van der Waals surface area contributed by atoms with Gasteiger partial charge in [-0.3, -0.25) is 0 Å². The lowest BCUT2D eigenvalue weighted by molar-refractivity contribution is 0.681. The molecule has 0 heterocycles. The predicted molar refractivity (Wildman–Crippen MR) is 59.8 cm³/mol. The number of benzene rings is 1. The van der Waals surface area contributed by atoms with Gasteiger partial charge in [-0.1, -0.05) is 50.3 Å². The Morgan fingerprint density at radius 3 is 2.31 bits per heavy atom. The Morgan fingerprint density at radius 2 is 1.77 bits per heavy atom. The van der Waals surface area contributed by atoms with Crippen LogP contribution in [-0.2, 0) is 0 Å². The van der Waals surface area contributed by atoms with Crippen LogP contribution in [0.4, 0.5) is 0 Å². The van der Waals surface area contributed by atoms with Gasteiger partial charge in [0.1, 0.15) is 0 Å². The quantitative estimate of drug-likeness (QED) is 0.645. The second kappa shape index (κ2) is 4.86. The first-order chi connectivity index (χ1) is 6.24. The van der Waals surface area contributed by atoms with Crippen LogP contribution >= 0.6 is 0 Å². The zero-order valence-corrected chi connectivity index (χ0v) is 8.75. The van der Waals surface area contributed by atoms with E-state index in [4.69, 9.17) is 0 Å². The van der Waals surface area contributed by atoms with Crippen molar-refractivity contribution in [2.45, 2.75) is 27.2 Å². The van der Waals surface area contributed by atoms with E-state index in [1.165, 1.54) is 10.4 Å². The van der Waals surface area contributed by atoms with Gasteiger partial charge in [0.25, 0.3) is 0 Å². The minimum Gasteiger partial charge on any atom is -0.0798 e. The van der Waals surface area contributed by atoms with E-state index >= 15 is 0 Å². The molecule has 0 unspecified atom stereocenters. The summed E-state index contributed by atoms with van der Waals surface area (Å²) in [5, 5.41) is 2.70. The Morgan fingerprint density at radius 1 is 1.15 bits per heavy atom. The minimum atomic E-state index is 0.741. The highest BCUT2D eigenvalue weighted by Crippen LogP contribution is 1.98. The van der Waals surface area contributed by atoms with Crippen LogP contribution in [0, 0.1) is 5.92 Å². The van der Waals surface area contributed by atoms with Crippen molar-refractivity contribution < 1.29 is 0 Å². The summed E-state index contributed by atoms with van der Waals surface area (Å²) in [6.07, 6.45) is 5.64. The van der Waals surface area contributed by atoms with Gasteiger partial charge in [-0.25, -0.2) is 0 Å². The molecule has 0 fully saturated rings. The van der Waals surface area contributed by atoms with Crippen LogP contribution in [-0.4, -0.2) is 0 Å². The summed E-state index contributed by atoms with van der Waals surface area (Å²) >= 11 is 0. The minimum absolute atomic E-state index is 0.741. The van der Waals surface area contributed by atoms with Gasteiger partial charge < -0.3 is 0 Å². The molecule has 0 bridgehead atoms. The fourth-order valence-corrected chi connectivity index (χ4v) is 1.32. The monoisotopic (exact) mass is 174 g/mol. The van der Waals surface area contributed by atoms with E-state index in [1.807, 2.05) is 0 Å². The maximum atomic E-state index is 2.32. The van der Waals surface area contributed by atoms with Crippen molar-refractivity contribution in [1.29, 1.82) is 0 Å². The average molecular weight is 174 g/mol. The van der Waals surface area contributed by atoms with Crippen LogP contribution in [0.15, 0.2) is 24.3 Å². The Balaban J connectivity index is 3.07. The number of rotatable bonds is 2. The molecule has 0 N–H and O–H groups in total. The van der Waals surface area contributed by atoms with Gasteiger partial charge in [0, 0.05) is 0 Å². The summed E-state index contributed by atoms with van der Waals surface area (Å²) in [4.78, 5) is 0. The fourth-order valence-electron chi connectivity index (χ4n) is 1.32. The summed E-state index contributed by atoms with van der Waals surface area (Å²) in [6.45, 7) is 6.57. The maximum absolute atomic E-state index is 2.32. The normalized spacial score (nSPS) is 14.2. The van der Waals surface area contributed by atoms with Crippen LogP contribution in [0.5, 0.6) is 0 Å². The first kappa shape index (κ1) is 10.0. The van der Waals surface area contributed by atoms with E-state index in [2.05, 4.69) is 57.2 Å². The molecule has 0 spiro atoms. The maximum Gasteiger partial charge on any atom is -0.0227 e. The van der Waals surface area contributed by atoms with E-state index in [9.17, 15) is 0 Å². The van der Waals surface area contributed by atoms with Crippen molar-refractivity contribution in [3.63, 3.8) is 0 Å². The molecule has 1 rings (SSSR count). The van der Waals surface area contributed by atoms with Crippen LogP contribution in [0.2, 0.25) is 0 Å². The Hall–Kier alpha value is -1.04. The predicted octanol–water partition coefficient (Wildman–Crippen LogP) is 2.31. The second-order valence-corrected chi connectivity index (χ2v) is 3.75. The summed E-state index contributed by atoms with van der Waals surface area (Å²) in [5.41, 5.74) is 0. The third-order valence-corrected chi connectivity index (χ3v) is 2.12. The van der Waals surface area contributed by atoms with E-state index < -0.39 is 0 Å². The van der Waals surface area contributed by atoms with Crippen LogP contribution in [0.1, 0.15) is 27.2 Å². The molecule has 0 saturated carbocycles. The molecule has 0 aliphatic rings. The standard InChI is InChI=1S/C13H18/c1-4-12-7-5-6-8-13(12)10-9-11(2)3/h4-8,10-11H,9H2,1-3H3. The van der Waals surface area contributed by atoms with Crippen LogP contribution in [0.25, 0.3) is 12.2 Å². The molecular formula is C13H18. The Bertz CT molecular complexity index is 358. The molecule has 0 atom stereocenters. The van der Waals surface area contributed by atoms with Crippen molar-refractivity contribution >= 4 is 12.2 Å². The number of hydrogen-bond donors (Lipinski definition) is 0. The lowest BCUT2D eigenvalue weighted by atomic mass is 10.1. The SMILES string of the molecule is CC=c1ccccc1=CCC(C)C. The third kappa shape index (κ3) is 3.06. The van der Waals surface area contributed by atoms with Gasteiger partial charge in [-0.15, -0.1) is 0 Å². The molecule has 1 aromatic rings. The Labute approximate surface area is 80.6 Å². The molecule has 0 aromatic heterocycles. The third-order valence-electron chi connectivity index (χ3n) is 2.12. The molecule has 0 nitrogen and oxygen atoms in total. The molecule has 1 aromatic carbocycles. The molecule has 0 saturated heterocycles. The molecule has 0 aliphatic carbocycles. The van der Waals surface area contributed by atoms with Crippen molar-refractivity contribution in [3.05, 3.63) is 34.7 Å². The highest BCUT2D eigenvalue weighted by molar-refractivity contribution is 5.30. The van der Waals surface area contributed by atoms with Gasteiger partial charge in [-0.05, 0) is 29.7 Å². The average Bonchev–Trinajstić information content (AvgIpc) is 2.15. The van der Waals surface area contributed by atoms with Gasteiger partial charge >= 0.3 is 0 Å². The highest BCUT2D eigenvalue weighted by Gasteiger charge is 1.88. The molecule has 0 amide bonds. The van der Waals surface area contributed by atoms with Crippen LogP contribution in [0.3, 0.4) is 0 Å². The zero-order valence-electron chi connectivity index (χ0n) is 8.75. The molecule has 0 heteroatoms. The topological polar surface area (TPSA) is 0 Å². The summed E-state index contributed by atoms with van der Waals surface area (Å²) in [5.74, 6) is 0.741. The molecule has 0 aliphatic heterocycles. The lowest BCUT2D eigenvalue weighted by Crippen LogP contribution is -2.23. The van der Waals surface area contributed by atoms with Gasteiger partial charge in [0.2, 0.25) is 0 Å². The van der Waals surface area contributed by atoms with Gasteiger partial charge in [-0.2, -0.15) is 0 Å². The van der Waals surface area contributed by atoms with Crippen molar-refractivity contribution in [2.24, 2.45) is 5.92 Å². The molecular weight excluding hydrogens is 156 g/mol. The van der Waals surface area contributed by atoms with E-state index in [0.717, 1.165) is 12.3 Å². The summed E-state index contributed by atoms with van der Waals surface area (Å²) in [6, 6.07) is 8.52. The summed E-state index contributed by atoms with van der Waals surface area (Å²) < 4.78 is 0. The Kier molecular flexibility index (Phi) is 3.75. The highest BCUT2D eigenvalue weighted by atomic mass is 13.9. The van der Waals surface area contributed by atoms with Crippen molar-refractivity contribution in [2.75, 3.05) is 0 Å². The van der Waals surface area contributed by atoms with E-state index in [1.54, 1.807) is 0 Å². The first-order valence-corrected chi connectivity index (χ1v) is 4.95. The molecule has 13 heavy (non-hydrogen) atoms. The lowest BCUT2D eigenvalue weighted by Gasteiger charge is -1.97. The van der Waals surface area contributed by atoms with Crippen molar-refractivity contribution in [3.8, 4) is 0 Å². The summed E-state index contributed by atoms with van der Waals surface area (Å²) in [7, 11) is 0. The van der Waals surface area contributed by atoms with Gasteiger partial charge in [0.15, 0.2) is 0 Å². The van der Waals surface area contributed by atoms with Crippen molar-refractivity contribution in [1.82, 2.24) is 0 Å². The first-order valence-electron chi connectivity index (χ1n) is 4.95.